The highest BCUT2D eigenvalue weighted by atomic mass is 15.2. The second-order valence-electron chi connectivity index (χ2n) is 6.41. The maximum Gasteiger partial charge on any atom is 0.153 e. The van der Waals surface area contributed by atoms with Crippen LogP contribution in [-0.2, 0) is 0 Å². The lowest BCUT2D eigenvalue weighted by atomic mass is 10.2. The Morgan fingerprint density at radius 1 is 1.12 bits per heavy atom. The van der Waals surface area contributed by atoms with Gasteiger partial charge in [0.05, 0.1) is 11.7 Å². The van der Waals surface area contributed by atoms with Crippen molar-refractivity contribution in [2.75, 3.05) is 10.6 Å². The number of nitrogens with one attached hydrogen (secondary N) is 3. The van der Waals surface area contributed by atoms with Crippen LogP contribution < -0.4 is 10.6 Å². The standard InChI is InChI=1S/C18H21N7/c1-11(14-5-3-4-8-19-14)20-16-10-17(22-12(2)21-16)23-18-9-15(24-25-18)13-6-7-13/h3-5,8-11,13H,6-7H2,1-2H3,(H3,20,21,22,23,24,25). The first-order valence-electron chi connectivity index (χ1n) is 8.53. The van der Waals surface area contributed by atoms with E-state index in [0.29, 0.717) is 11.7 Å². The molecule has 1 fully saturated rings. The van der Waals surface area contributed by atoms with Gasteiger partial charge >= 0.3 is 0 Å². The number of aromatic amines is 1. The zero-order valence-corrected chi connectivity index (χ0v) is 14.3. The number of rotatable bonds is 6. The Morgan fingerprint density at radius 2 is 1.96 bits per heavy atom. The monoisotopic (exact) mass is 335 g/mol. The average molecular weight is 335 g/mol. The largest absolute Gasteiger partial charge is 0.362 e. The molecule has 7 nitrogen and oxygen atoms in total. The Labute approximate surface area is 146 Å². The molecular formula is C18H21N7. The van der Waals surface area contributed by atoms with Gasteiger partial charge in [0.1, 0.15) is 17.5 Å². The predicted molar refractivity (Wildman–Crippen MR) is 96.9 cm³/mol. The molecule has 7 heteroatoms. The highest BCUT2D eigenvalue weighted by molar-refractivity contribution is 5.57. The molecule has 1 saturated carbocycles. The van der Waals surface area contributed by atoms with Crippen LogP contribution in [0.15, 0.2) is 36.5 Å². The second kappa shape index (κ2) is 6.51. The minimum atomic E-state index is 0.0511. The van der Waals surface area contributed by atoms with Gasteiger partial charge in [0.2, 0.25) is 0 Å². The highest BCUT2D eigenvalue weighted by Crippen LogP contribution is 2.39. The Balaban J connectivity index is 1.49. The molecule has 128 valence electrons. The summed E-state index contributed by atoms with van der Waals surface area (Å²) in [5.41, 5.74) is 2.16. The van der Waals surface area contributed by atoms with Gasteiger partial charge in [-0.2, -0.15) is 5.10 Å². The maximum atomic E-state index is 4.47. The van der Waals surface area contributed by atoms with Gasteiger partial charge in [-0.25, -0.2) is 9.97 Å². The number of H-pyrrole nitrogens is 1. The van der Waals surface area contributed by atoms with Crippen LogP contribution in [0.25, 0.3) is 0 Å². The lowest BCUT2D eigenvalue weighted by Crippen LogP contribution is -2.10. The van der Waals surface area contributed by atoms with Gasteiger partial charge in [-0.15, -0.1) is 0 Å². The lowest BCUT2D eigenvalue weighted by Gasteiger charge is -2.15. The van der Waals surface area contributed by atoms with Gasteiger partial charge < -0.3 is 10.6 Å². The summed E-state index contributed by atoms with van der Waals surface area (Å²) in [4.78, 5) is 13.3. The summed E-state index contributed by atoms with van der Waals surface area (Å²) in [6.45, 7) is 3.93. The summed E-state index contributed by atoms with van der Waals surface area (Å²) in [6, 6.07) is 9.88. The van der Waals surface area contributed by atoms with Crippen molar-refractivity contribution < 1.29 is 0 Å². The molecule has 3 aromatic heterocycles. The van der Waals surface area contributed by atoms with E-state index in [0.717, 1.165) is 23.1 Å². The van der Waals surface area contributed by atoms with Gasteiger partial charge in [-0.1, -0.05) is 6.07 Å². The summed E-state index contributed by atoms with van der Waals surface area (Å²) < 4.78 is 0. The summed E-state index contributed by atoms with van der Waals surface area (Å²) >= 11 is 0. The Kier molecular flexibility index (Phi) is 4.05. The molecule has 1 unspecified atom stereocenters. The molecule has 25 heavy (non-hydrogen) atoms. The summed E-state index contributed by atoms with van der Waals surface area (Å²) in [6.07, 6.45) is 4.28. The Hall–Kier alpha value is -2.96. The first-order chi connectivity index (χ1) is 12.2. The number of hydrogen-bond acceptors (Lipinski definition) is 6. The molecule has 0 aliphatic heterocycles. The van der Waals surface area contributed by atoms with Gasteiger partial charge in [0, 0.05) is 29.9 Å². The predicted octanol–water partition coefficient (Wildman–Crippen LogP) is 3.70. The SMILES string of the molecule is Cc1nc(Nc2cc(C3CC3)[nH]n2)cc(NC(C)c2ccccn2)n1. The van der Waals surface area contributed by atoms with Gasteiger partial charge in [-0.05, 0) is 38.8 Å². The van der Waals surface area contributed by atoms with Crippen LogP contribution in [0.1, 0.15) is 48.9 Å². The van der Waals surface area contributed by atoms with Gasteiger partial charge in [0.15, 0.2) is 5.82 Å². The molecule has 3 aromatic rings. The number of anilines is 3. The van der Waals surface area contributed by atoms with E-state index in [1.54, 1.807) is 6.20 Å². The molecule has 4 rings (SSSR count). The fraction of sp³-hybridized carbons (Fsp3) is 0.333. The van der Waals surface area contributed by atoms with E-state index in [4.69, 9.17) is 0 Å². The van der Waals surface area contributed by atoms with Crippen LogP contribution in [0.5, 0.6) is 0 Å². The first-order valence-corrected chi connectivity index (χ1v) is 8.53. The van der Waals surface area contributed by atoms with E-state index in [2.05, 4.69) is 48.8 Å². The number of nitrogens with zero attached hydrogens (tertiary/aromatic N) is 4. The van der Waals surface area contributed by atoms with Gasteiger partial charge in [-0.3, -0.25) is 10.1 Å². The normalized spacial score (nSPS) is 15.0. The zero-order chi connectivity index (χ0) is 17.2. The molecule has 0 radical (unpaired) electrons. The number of aryl methyl sites for hydroxylation is 1. The van der Waals surface area contributed by atoms with Gasteiger partial charge in [0.25, 0.3) is 0 Å². The molecular weight excluding hydrogens is 314 g/mol. The summed E-state index contributed by atoms with van der Waals surface area (Å²) in [7, 11) is 0. The van der Waals surface area contributed by atoms with E-state index < -0.39 is 0 Å². The number of aromatic nitrogens is 5. The lowest BCUT2D eigenvalue weighted by molar-refractivity contribution is 0.827. The Morgan fingerprint density at radius 3 is 2.72 bits per heavy atom. The zero-order valence-electron chi connectivity index (χ0n) is 14.3. The van der Waals surface area contributed by atoms with Crippen molar-refractivity contribution in [1.29, 1.82) is 0 Å². The number of pyridine rings is 1. The Bertz CT molecular complexity index is 855. The smallest absolute Gasteiger partial charge is 0.153 e. The molecule has 0 spiro atoms. The fourth-order valence-electron chi connectivity index (χ4n) is 2.77. The summed E-state index contributed by atoms with van der Waals surface area (Å²) in [5, 5.41) is 14.0. The van der Waals surface area contributed by atoms with E-state index in [1.165, 1.54) is 18.5 Å². The van der Waals surface area contributed by atoms with E-state index >= 15 is 0 Å². The molecule has 0 aromatic carbocycles. The van der Waals surface area contributed by atoms with Crippen molar-refractivity contribution in [3.8, 4) is 0 Å². The van der Waals surface area contributed by atoms with E-state index in [9.17, 15) is 0 Å². The van der Waals surface area contributed by atoms with E-state index in [-0.39, 0.29) is 6.04 Å². The van der Waals surface area contributed by atoms with Crippen LogP contribution in [0.3, 0.4) is 0 Å². The molecule has 1 aliphatic carbocycles. The van der Waals surface area contributed by atoms with Crippen molar-refractivity contribution in [3.05, 3.63) is 53.7 Å². The van der Waals surface area contributed by atoms with Crippen LogP contribution in [0.2, 0.25) is 0 Å². The average Bonchev–Trinajstić information content (AvgIpc) is 3.35. The molecule has 3 N–H and O–H groups in total. The molecule has 1 aliphatic rings. The highest BCUT2D eigenvalue weighted by Gasteiger charge is 2.25. The second-order valence-corrected chi connectivity index (χ2v) is 6.41. The first kappa shape index (κ1) is 15.6. The van der Waals surface area contributed by atoms with E-state index in [1.807, 2.05) is 31.2 Å². The van der Waals surface area contributed by atoms with Crippen LogP contribution in [-0.4, -0.2) is 25.1 Å². The van der Waals surface area contributed by atoms with Crippen molar-refractivity contribution in [3.63, 3.8) is 0 Å². The molecule has 1 atom stereocenters. The maximum absolute atomic E-state index is 4.47. The topological polar surface area (TPSA) is 91.4 Å². The van der Waals surface area contributed by atoms with Crippen LogP contribution >= 0.6 is 0 Å². The van der Waals surface area contributed by atoms with Crippen molar-refractivity contribution in [1.82, 2.24) is 25.1 Å². The molecule has 0 saturated heterocycles. The van der Waals surface area contributed by atoms with Crippen molar-refractivity contribution in [2.24, 2.45) is 0 Å². The van der Waals surface area contributed by atoms with Crippen LogP contribution in [0, 0.1) is 6.92 Å². The van der Waals surface area contributed by atoms with Crippen molar-refractivity contribution >= 4 is 17.5 Å². The number of hydrogen-bond donors (Lipinski definition) is 3. The third-order valence-corrected chi connectivity index (χ3v) is 4.20. The molecule has 3 heterocycles. The van der Waals surface area contributed by atoms with Crippen molar-refractivity contribution in [2.45, 2.75) is 38.6 Å². The third-order valence-electron chi connectivity index (χ3n) is 4.20. The molecule has 0 amide bonds. The quantitative estimate of drug-likeness (QED) is 0.636. The fourth-order valence-corrected chi connectivity index (χ4v) is 2.77. The molecule has 0 bridgehead atoms. The van der Waals surface area contributed by atoms with Crippen LogP contribution in [0.4, 0.5) is 17.5 Å². The minimum Gasteiger partial charge on any atom is -0.362 e. The third kappa shape index (κ3) is 3.76. The summed E-state index contributed by atoms with van der Waals surface area (Å²) in [5.74, 6) is 3.59. The minimum absolute atomic E-state index is 0.0511.